The molecule has 4 rings (SSSR count). The summed E-state index contributed by atoms with van der Waals surface area (Å²) < 4.78 is 9.27. The number of amides is 1. The van der Waals surface area contributed by atoms with Crippen LogP contribution in [0.2, 0.25) is 0 Å². The summed E-state index contributed by atoms with van der Waals surface area (Å²) in [7, 11) is 1.87. The number of nitrogens with two attached hydrogens (primary N) is 1. The van der Waals surface area contributed by atoms with Crippen LogP contribution in [0.3, 0.4) is 0 Å². The summed E-state index contributed by atoms with van der Waals surface area (Å²) in [5.41, 5.74) is 14.7. The first-order valence-corrected chi connectivity index (χ1v) is 14.3. The molecule has 0 spiro atoms. The minimum Gasteiger partial charge on any atom is -0.486 e. The average Bonchev–Trinajstić information content (AvgIpc) is 3.00. The molecule has 6 nitrogen and oxygen atoms in total. The number of nitrogens with one attached hydrogen (secondary N) is 2. The van der Waals surface area contributed by atoms with E-state index in [0.717, 1.165) is 53.4 Å². The summed E-state index contributed by atoms with van der Waals surface area (Å²) in [5, 5.41) is 3.16. The van der Waals surface area contributed by atoms with E-state index in [0.29, 0.717) is 6.42 Å². The molecule has 0 saturated heterocycles. The number of carbonyl (C=O) groups is 1. The van der Waals surface area contributed by atoms with Crippen molar-refractivity contribution in [2.45, 2.75) is 58.7 Å². The topological polar surface area (TPSA) is 79.6 Å². The van der Waals surface area contributed by atoms with Crippen LogP contribution in [-0.2, 0) is 17.9 Å². The van der Waals surface area contributed by atoms with Gasteiger partial charge in [-0.15, -0.1) is 0 Å². The Morgan fingerprint density at radius 3 is 2.66 bits per heavy atom. The van der Waals surface area contributed by atoms with Crippen LogP contribution >= 0.6 is 11.9 Å². The van der Waals surface area contributed by atoms with E-state index in [1.165, 1.54) is 28.6 Å². The third-order valence-electron chi connectivity index (χ3n) is 7.33. The van der Waals surface area contributed by atoms with Gasteiger partial charge in [-0.25, -0.2) is 0 Å². The number of anilines is 2. The van der Waals surface area contributed by atoms with Crippen molar-refractivity contribution in [2.24, 2.45) is 0 Å². The first-order valence-electron chi connectivity index (χ1n) is 13.1. The Morgan fingerprint density at radius 2 is 1.92 bits per heavy atom. The third kappa shape index (κ3) is 6.27. The van der Waals surface area contributed by atoms with Crippen LogP contribution in [0.25, 0.3) is 0 Å². The van der Waals surface area contributed by atoms with E-state index < -0.39 is 0 Å². The highest BCUT2D eigenvalue weighted by atomic mass is 32.2. The molecule has 38 heavy (non-hydrogen) atoms. The quantitative estimate of drug-likeness (QED) is 0.243. The van der Waals surface area contributed by atoms with Crippen LogP contribution in [0.4, 0.5) is 11.4 Å². The van der Waals surface area contributed by atoms with Crippen molar-refractivity contribution >= 4 is 29.2 Å². The molecule has 0 aromatic heterocycles. The lowest BCUT2D eigenvalue weighted by atomic mass is 9.84. The molecule has 0 radical (unpaired) electrons. The molecule has 4 N–H and O–H groups in total. The fraction of sp³-hybridized carbons (Fsp3) is 0.387. The Kier molecular flexibility index (Phi) is 8.58. The fourth-order valence-corrected chi connectivity index (χ4v) is 5.73. The first kappa shape index (κ1) is 27.9. The van der Waals surface area contributed by atoms with Gasteiger partial charge in [0.05, 0.1) is 11.4 Å². The fourth-order valence-electron chi connectivity index (χ4n) is 5.42. The van der Waals surface area contributed by atoms with Crippen molar-refractivity contribution in [2.75, 3.05) is 30.9 Å². The molecule has 1 heterocycles. The monoisotopic (exact) mass is 532 g/mol. The van der Waals surface area contributed by atoms with E-state index in [1.54, 1.807) is 0 Å². The minimum atomic E-state index is -0.305. The molecule has 3 aromatic carbocycles. The van der Waals surface area contributed by atoms with Crippen LogP contribution in [-0.4, -0.2) is 36.3 Å². The van der Waals surface area contributed by atoms with Gasteiger partial charge in [0, 0.05) is 50.8 Å². The lowest BCUT2D eigenvalue weighted by molar-refractivity contribution is -0.119. The Morgan fingerprint density at radius 1 is 1.16 bits per heavy atom. The molecule has 1 aliphatic heterocycles. The maximum Gasteiger partial charge on any atom is 0.230 e. The van der Waals surface area contributed by atoms with Crippen molar-refractivity contribution in [3.05, 3.63) is 88.0 Å². The highest BCUT2D eigenvalue weighted by Gasteiger charge is 2.29. The van der Waals surface area contributed by atoms with Crippen molar-refractivity contribution in [1.29, 1.82) is 0 Å². The number of rotatable bonds is 8. The summed E-state index contributed by atoms with van der Waals surface area (Å²) >= 11 is 1.33. The van der Waals surface area contributed by atoms with E-state index in [9.17, 15) is 4.79 Å². The number of benzene rings is 3. The number of carbonyl (C=O) groups excluding carboxylic acids is 1. The van der Waals surface area contributed by atoms with Crippen LogP contribution in [0.15, 0.2) is 54.6 Å². The second-order valence-electron chi connectivity index (χ2n) is 10.8. The molecule has 1 atom stereocenters. The molecule has 3 aromatic rings. The van der Waals surface area contributed by atoms with Gasteiger partial charge in [-0.2, -0.15) is 0 Å². The maximum atomic E-state index is 12.8. The molecule has 1 unspecified atom stereocenters. The summed E-state index contributed by atoms with van der Waals surface area (Å²) in [5.74, 6) is 0.853. The van der Waals surface area contributed by atoms with Gasteiger partial charge in [0.15, 0.2) is 0 Å². The highest BCUT2D eigenvalue weighted by molar-refractivity contribution is 7.97. The molecule has 0 fully saturated rings. The molecule has 0 saturated carbocycles. The zero-order chi connectivity index (χ0) is 27.4. The molecule has 1 amide bonds. The van der Waals surface area contributed by atoms with Crippen LogP contribution in [0.5, 0.6) is 5.75 Å². The van der Waals surface area contributed by atoms with Gasteiger partial charge >= 0.3 is 0 Å². The number of nitrogen functional groups attached to an aromatic ring is 1. The first-order chi connectivity index (χ1) is 18.1. The molecular weight excluding hydrogens is 492 g/mol. The summed E-state index contributed by atoms with van der Waals surface area (Å²) in [6.07, 6.45) is 2.22. The Bertz CT molecular complexity index is 1310. The van der Waals surface area contributed by atoms with Crippen LogP contribution < -0.4 is 20.5 Å². The molecule has 0 bridgehead atoms. The SMILES string of the molecule is CNc1ccc(C(CC(=O)NSC)c2ccc(C)c(CN3Cc4ccccc4OC(C)(C)C3)c2)c(C)c1N. The predicted molar refractivity (Wildman–Crippen MR) is 160 cm³/mol. The second-order valence-corrected chi connectivity index (χ2v) is 11.4. The van der Waals surface area contributed by atoms with Crippen LogP contribution in [0, 0.1) is 13.8 Å². The largest absolute Gasteiger partial charge is 0.486 e. The van der Waals surface area contributed by atoms with Gasteiger partial charge in [0.2, 0.25) is 5.91 Å². The Labute approximate surface area is 231 Å². The second kappa shape index (κ2) is 11.7. The van der Waals surface area contributed by atoms with Crippen molar-refractivity contribution in [3.63, 3.8) is 0 Å². The van der Waals surface area contributed by atoms with E-state index in [-0.39, 0.29) is 17.4 Å². The van der Waals surface area contributed by atoms with E-state index in [4.69, 9.17) is 10.5 Å². The third-order valence-corrected chi connectivity index (χ3v) is 7.77. The number of aryl methyl sites for hydroxylation is 1. The lowest BCUT2D eigenvalue weighted by Crippen LogP contribution is -2.40. The van der Waals surface area contributed by atoms with E-state index >= 15 is 0 Å². The summed E-state index contributed by atoms with van der Waals surface area (Å²) in [4.78, 5) is 15.3. The number of hydrogen-bond donors (Lipinski definition) is 3. The van der Waals surface area contributed by atoms with Gasteiger partial charge in [-0.05, 0) is 67.6 Å². The predicted octanol–water partition coefficient (Wildman–Crippen LogP) is 6.02. The molecule has 7 heteroatoms. The molecular formula is C31H40N4O2S. The van der Waals surface area contributed by atoms with E-state index in [2.05, 4.69) is 78.2 Å². The van der Waals surface area contributed by atoms with Crippen molar-refractivity contribution in [3.8, 4) is 5.75 Å². The van der Waals surface area contributed by atoms with Gasteiger partial charge in [0.1, 0.15) is 11.4 Å². The number of fused-ring (bicyclic) bond motifs is 1. The van der Waals surface area contributed by atoms with Gasteiger partial charge in [-0.3, -0.25) is 9.69 Å². The number of ether oxygens (including phenoxy) is 1. The van der Waals surface area contributed by atoms with E-state index in [1.807, 2.05) is 32.4 Å². The van der Waals surface area contributed by atoms with Crippen LogP contribution in [0.1, 0.15) is 59.6 Å². The average molecular weight is 533 g/mol. The zero-order valence-corrected chi connectivity index (χ0v) is 24.2. The smallest absolute Gasteiger partial charge is 0.230 e. The van der Waals surface area contributed by atoms with Crippen molar-refractivity contribution in [1.82, 2.24) is 9.62 Å². The number of nitrogens with zero attached hydrogens (tertiary/aromatic N) is 1. The lowest BCUT2D eigenvalue weighted by Gasteiger charge is -2.30. The molecule has 202 valence electrons. The standard InChI is InChI=1S/C31H40N4O2S/c1-20-11-12-22(26(16-29(36)34-38-6)25-13-14-27(33-5)30(32)21(25)2)15-24(20)18-35-17-23-9-7-8-10-28(23)37-31(3,4)19-35/h7-15,26,33H,16-19,32H2,1-6H3,(H,34,36). The normalized spacial score (nSPS) is 15.6. The summed E-state index contributed by atoms with van der Waals surface area (Å²) in [6, 6.07) is 19.0. The Hall–Kier alpha value is -3.16. The Balaban J connectivity index is 1.70. The van der Waals surface area contributed by atoms with Crippen molar-refractivity contribution < 1.29 is 9.53 Å². The minimum absolute atomic E-state index is 0.00307. The highest BCUT2D eigenvalue weighted by Crippen LogP contribution is 2.37. The summed E-state index contributed by atoms with van der Waals surface area (Å²) in [6.45, 7) is 10.9. The molecule has 1 aliphatic rings. The number of para-hydroxylation sites is 1. The van der Waals surface area contributed by atoms with Gasteiger partial charge < -0.3 is 20.5 Å². The van der Waals surface area contributed by atoms with Gasteiger partial charge in [0.25, 0.3) is 0 Å². The number of hydrogen-bond acceptors (Lipinski definition) is 6. The maximum absolute atomic E-state index is 12.8. The zero-order valence-electron chi connectivity index (χ0n) is 23.4. The molecule has 0 aliphatic carbocycles. The van der Waals surface area contributed by atoms with Gasteiger partial charge in [-0.1, -0.05) is 54.4 Å².